The van der Waals surface area contributed by atoms with E-state index < -0.39 is 0 Å². The molecule has 3 aromatic carbocycles. The molecule has 0 aliphatic carbocycles. The van der Waals surface area contributed by atoms with Crippen LogP contribution in [-0.4, -0.2) is 50.3 Å². The number of ether oxygens (including phenoxy) is 2. The van der Waals surface area contributed by atoms with Crippen molar-refractivity contribution in [3.63, 3.8) is 0 Å². The van der Waals surface area contributed by atoms with Crippen molar-refractivity contribution in [2.24, 2.45) is 4.99 Å². The molecule has 0 aromatic heterocycles. The number of nitrogens with zero attached hydrogens (tertiary/aromatic N) is 2. The first-order valence-corrected chi connectivity index (χ1v) is 13.2. The monoisotopic (exact) mass is 496 g/mol. The van der Waals surface area contributed by atoms with Crippen LogP contribution in [0.1, 0.15) is 36.0 Å². The smallest absolute Gasteiger partial charge is 0.126 e. The fourth-order valence-corrected chi connectivity index (χ4v) is 5.27. The Balaban J connectivity index is 1.33. The Bertz CT molecular complexity index is 1280. The van der Waals surface area contributed by atoms with E-state index in [1.165, 1.54) is 11.1 Å². The third kappa shape index (κ3) is 6.12. The maximum atomic E-state index is 13.1. The largest absolute Gasteiger partial charge is 0.858 e. The topological polar surface area (TPSA) is 53.9 Å². The zero-order valence-corrected chi connectivity index (χ0v) is 22.1. The molecule has 0 saturated carbocycles. The van der Waals surface area contributed by atoms with Gasteiger partial charge in [0, 0.05) is 30.4 Å². The van der Waals surface area contributed by atoms with E-state index in [2.05, 4.69) is 74.5 Å². The number of rotatable bonds is 6. The molecule has 2 heterocycles. The number of fused-ring (bicyclic) bond motifs is 1. The lowest BCUT2D eigenvalue weighted by atomic mass is 10.00. The first-order chi connectivity index (χ1) is 17.9. The van der Waals surface area contributed by atoms with Gasteiger partial charge >= 0.3 is 0 Å². The van der Waals surface area contributed by atoms with E-state index in [1.807, 2.05) is 24.3 Å². The fraction of sp³-hybridized carbons (Fsp3) is 0.344. The van der Waals surface area contributed by atoms with Gasteiger partial charge in [0.2, 0.25) is 0 Å². The summed E-state index contributed by atoms with van der Waals surface area (Å²) in [5.74, 6) is 0.594. The van der Waals surface area contributed by atoms with Crippen LogP contribution in [0.25, 0.3) is 17.2 Å². The van der Waals surface area contributed by atoms with Gasteiger partial charge in [-0.1, -0.05) is 48.0 Å². The van der Waals surface area contributed by atoms with E-state index in [0.29, 0.717) is 30.3 Å². The van der Waals surface area contributed by atoms with Gasteiger partial charge in [0.1, 0.15) is 12.3 Å². The molecule has 192 valence electrons. The molecule has 0 bridgehead atoms. The highest BCUT2D eigenvalue weighted by molar-refractivity contribution is 5.97. The molecule has 2 aliphatic rings. The minimum atomic E-state index is -0.205. The summed E-state index contributed by atoms with van der Waals surface area (Å²) < 4.78 is 12.4. The van der Waals surface area contributed by atoms with Crippen molar-refractivity contribution in [3.8, 4) is 16.9 Å². The Morgan fingerprint density at radius 1 is 0.919 bits per heavy atom. The van der Waals surface area contributed by atoms with Gasteiger partial charge in [0.25, 0.3) is 0 Å². The van der Waals surface area contributed by atoms with Gasteiger partial charge in [0.15, 0.2) is 0 Å². The summed E-state index contributed by atoms with van der Waals surface area (Å²) in [6.07, 6.45) is 4.67. The van der Waals surface area contributed by atoms with Crippen LogP contribution in [0.5, 0.6) is 5.75 Å². The Morgan fingerprint density at radius 3 is 2.35 bits per heavy atom. The van der Waals surface area contributed by atoms with Crippen LogP contribution < -0.4 is 9.84 Å². The second kappa shape index (κ2) is 10.9. The van der Waals surface area contributed by atoms with E-state index in [-0.39, 0.29) is 5.90 Å². The Labute approximate surface area is 220 Å². The van der Waals surface area contributed by atoms with E-state index in [4.69, 9.17) is 9.47 Å². The van der Waals surface area contributed by atoms with Crippen molar-refractivity contribution in [1.29, 1.82) is 0 Å². The van der Waals surface area contributed by atoms with Crippen molar-refractivity contribution in [2.75, 3.05) is 33.9 Å². The molecule has 0 amide bonds. The average Bonchev–Trinajstić information content (AvgIpc) is 3.13. The van der Waals surface area contributed by atoms with Crippen molar-refractivity contribution in [2.45, 2.75) is 38.8 Å². The molecule has 5 rings (SSSR count). The van der Waals surface area contributed by atoms with E-state index in [1.54, 1.807) is 0 Å². The normalized spacial score (nSPS) is 16.9. The molecule has 0 unspecified atom stereocenters. The minimum Gasteiger partial charge on any atom is -0.858 e. The van der Waals surface area contributed by atoms with Crippen LogP contribution in [0.3, 0.4) is 0 Å². The fourth-order valence-electron chi connectivity index (χ4n) is 5.27. The predicted octanol–water partition coefficient (Wildman–Crippen LogP) is 5.67. The molecular weight excluding hydrogens is 460 g/mol. The van der Waals surface area contributed by atoms with Crippen LogP contribution in [-0.2, 0) is 11.3 Å². The standard InChI is InChI=1S/C32H36N2O3/c1-23-4-8-25(9-5-23)26-10-13-31-28(20-26)21-27(14-19-37-31)32(35)33-29-11-6-24(7-12-29)22-34(2,3)30-15-17-36-18-16-30/h4-13,20-21,30H,14-19,22H2,1-3H3. The highest BCUT2D eigenvalue weighted by Crippen LogP contribution is 2.31. The quantitative estimate of drug-likeness (QED) is 0.251. The molecule has 37 heavy (non-hydrogen) atoms. The van der Waals surface area contributed by atoms with Crippen LogP contribution in [0.15, 0.2) is 77.3 Å². The molecule has 5 nitrogen and oxygen atoms in total. The second-order valence-corrected chi connectivity index (χ2v) is 10.8. The molecule has 3 aromatic rings. The van der Waals surface area contributed by atoms with Gasteiger partial charge in [-0.2, -0.15) is 0 Å². The molecule has 0 radical (unpaired) electrons. The number of aryl methyl sites for hydroxylation is 1. The number of quaternary nitrogens is 1. The Kier molecular flexibility index (Phi) is 7.45. The first kappa shape index (κ1) is 25.2. The zero-order chi connectivity index (χ0) is 25.8. The third-order valence-electron chi connectivity index (χ3n) is 7.56. The van der Waals surface area contributed by atoms with Gasteiger partial charge in [-0.3, -0.25) is 4.99 Å². The summed E-state index contributed by atoms with van der Waals surface area (Å²) in [6, 6.07) is 23.3. The summed E-state index contributed by atoms with van der Waals surface area (Å²) in [7, 11) is 4.58. The maximum absolute atomic E-state index is 13.1. The molecule has 1 saturated heterocycles. The van der Waals surface area contributed by atoms with Crippen LogP contribution in [0.4, 0.5) is 5.69 Å². The second-order valence-electron chi connectivity index (χ2n) is 10.8. The zero-order valence-electron chi connectivity index (χ0n) is 22.1. The Morgan fingerprint density at radius 2 is 1.62 bits per heavy atom. The lowest BCUT2D eigenvalue weighted by molar-refractivity contribution is -0.929. The summed E-state index contributed by atoms with van der Waals surface area (Å²) in [5.41, 5.74) is 6.99. The van der Waals surface area contributed by atoms with Crippen molar-refractivity contribution < 1.29 is 19.1 Å². The lowest BCUT2D eigenvalue weighted by Crippen LogP contribution is -2.50. The van der Waals surface area contributed by atoms with Crippen molar-refractivity contribution in [1.82, 2.24) is 0 Å². The summed E-state index contributed by atoms with van der Waals surface area (Å²) >= 11 is 0. The molecule has 0 atom stereocenters. The SMILES string of the molecule is Cc1ccc(-c2ccc3c(c2)C=C(C([O-])=Nc2ccc(C[N+](C)(C)C4CCOCC4)cc2)CCO3)cc1. The van der Waals surface area contributed by atoms with Gasteiger partial charge in [-0.05, 0) is 59.9 Å². The maximum Gasteiger partial charge on any atom is 0.126 e. The first-order valence-electron chi connectivity index (χ1n) is 13.2. The molecular formula is C32H36N2O3. The number of aliphatic imine (C=N–C) groups is 1. The highest BCUT2D eigenvalue weighted by atomic mass is 16.5. The van der Waals surface area contributed by atoms with Gasteiger partial charge < -0.3 is 19.1 Å². The molecule has 2 aliphatic heterocycles. The highest BCUT2D eigenvalue weighted by Gasteiger charge is 2.30. The van der Waals surface area contributed by atoms with Crippen molar-refractivity contribution >= 4 is 17.7 Å². The van der Waals surface area contributed by atoms with Crippen LogP contribution >= 0.6 is 0 Å². The molecule has 0 spiro atoms. The summed E-state index contributed by atoms with van der Waals surface area (Å²) in [6.45, 7) is 5.19. The molecule has 0 N–H and O–H groups in total. The average molecular weight is 497 g/mol. The van der Waals surface area contributed by atoms with Gasteiger partial charge in [0.05, 0.1) is 45.6 Å². The van der Waals surface area contributed by atoms with Crippen LogP contribution in [0.2, 0.25) is 0 Å². The van der Waals surface area contributed by atoms with E-state index in [0.717, 1.165) is 59.5 Å². The van der Waals surface area contributed by atoms with Gasteiger partial charge in [-0.25, -0.2) is 0 Å². The summed E-state index contributed by atoms with van der Waals surface area (Å²) in [4.78, 5) is 4.43. The predicted molar refractivity (Wildman–Crippen MR) is 148 cm³/mol. The van der Waals surface area contributed by atoms with Crippen molar-refractivity contribution in [3.05, 3.63) is 89.0 Å². The minimum absolute atomic E-state index is 0.205. The molecule has 5 heteroatoms. The number of benzene rings is 3. The van der Waals surface area contributed by atoms with Gasteiger partial charge in [-0.15, -0.1) is 0 Å². The van der Waals surface area contributed by atoms with E-state index >= 15 is 0 Å². The van der Waals surface area contributed by atoms with Crippen LogP contribution in [0, 0.1) is 6.92 Å². The summed E-state index contributed by atoms with van der Waals surface area (Å²) in [5, 5.41) is 13.1. The lowest BCUT2D eigenvalue weighted by Gasteiger charge is -2.40. The third-order valence-corrected chi connectivity index (χ3v) is 7.56. The molecule has 1 fully saturated rings. The number of hydrogen-bond acceptors (Lipinski definition) is 4. The Hall–Kier alpha value is -3.41. The van der Waals surface area contributed by atoms with E-state index in [9.17, 15) is 5.11 Å². The number of hydrogen-bond donors (Lipinski definition) is 0.